The van der Waals surface area contributed by atoms with Gasteiger partial charge >= 0.3 is 17.9 Å². The van der Waals surface area contributed by atoms with Crippen LogP contribution in [0.2, 0.25) is 0 Å². The molecule has 3 atom stereocenters. The summed E-state index contributed by atoms with van der Waals surface area (Å²) in [6.07, 6.45) is 2.58. The number of nitrogens with one attached hydrogen (secondary N) is 2. The number of fused-ring (bicyclic) bond motifs is 3. The van der Waals surface area contributed by atoms with Crippen molar-refractivity contribution in [3.05, 3.63) is 47.7 Å². The van der Waals surface area contributed by atoms with Gasteiger partial charge in [-0.2, -0.15) is 0 Å². The van der Waals surface area contributed by atoms with Crippen LogP contribution in [-0.2, 0) is 35.0 Å². The van der Waals surface area contributed by atoms with Crippen LogP contribution in [0.25, 0.3) is 10.9 Å². The third kappa shape index (κ3) is 5.27. The smallest absolute Gasteiger partial charge is 0.303 e. The first-order chi connectivity index (χ1) is 14.3. The number of benzene rings is 1. The highest BCUT2D eigenvalue weighted by Gasteiger charge is 2.28. The second-order valence-electron chi connectivity index (χ2n) is 7.15. The Hall–Kier alpha value is -3.13. The van der Waals surface area contributed by atoms with Crippen molar-refractivity contribution in [3.8, 4) is 0 Å². The van der Waals surface area contributed by atoms with E-state index in [4.69, 9.17) is 14.2 Å². The van der Waals surface area contributed by atoms with E-state index in [1.807, 2.05) is 24.3 Å². The highest BCUT2D eigenvalue weighted by atomic mass is 16.6. The number of ether oxygens (including phenoxy) is 3. The van der Waals surface area contributed by atoms with Crippen molar-refractivity contribution >= 4 is 28.8 Å². The third-order valence-corrected chi connectivity index (χ3v) is 4.83. The summed E-state index contributed by atoms with van der Waals surface area (Å²) < 4.78 is 15.6. The summed E-state index contributed by atoms with van der Waals surface area (Å²) in [4.78, 5) is 37.8. The molecule has 0 saturated carbocycles. The van der Waals surface area contributed by atoms with Crippen LogP contribution in [-0.4, -0.2) is 48.3 Å². The fourth-order valence-corrected chi connectivity index (χ4v) is 3.63. The molecule has 0 saturated heterocycles. The van der Waals surface area contributed by atoms with Crippen molar-refractivity contribution in [1.29, 1.82) is 0 Å². The summed E-state index contributed by atoms with van der Waals surface area (Å²) >= 11 is 0. The average Bonchev–Trinajstić information content (AvgIpc) is 3.07. The molecule has 3 rings (SSSR count). The molecule has 2 N–H and O–H groups in total. The van der Waals surface area contributed by atoms with Crippen LogP contribution >= 0.6 is 0 Å². The summed E-state index contributed by atoms with van der Waals surface area (Å²) in [5, 5.41) is 4.61. The minimum absolute atomic E-state index is 0.133. The number of esters is 3. The van der Waals surface area contributed by atoms with Gasteiger partial charge in [0.15, 0.2) is 12.2 Å². The zero-order valence-electron chi connectivity index (χ0n) is 17.3. The van der Waals surface area contributed by atoms with E-state index in [0.29, 0.717) is 0 Å². The molecule has 1 aromatic heterocycles. The predicted octanol–water partition coefficient (Wildman–Crippen LogP) is 2.34. The maximum absolute atomic E-state index is 11.6. The van der Waals surface area contributed by atoms with Crippen molar-refractivity contribution in [3.63, 3.8) is 0 Å². The van der Waals surface area contributed by atoms with Gasteiger partial charge in [-0.3, -0.25) is 14.4 Å². The molecule has 1 aliphatic heterocycles. The molecule has 0 amide bonds. The van der Waals surface area contributed by atoms with Gasteiger partial charge in [0, 0.05) is 43.9 Å². The van der Waals surface area contributed by atoms with Crippen LogP contribution in [0.1, 0.15) is 38.1 Å². The molecular weight excluding hydrogens is 388 g/mol. The molecule has 1 unspecified atom stereocenters. The Balaban J connectivity index is 1.86. The number of aromatic nitrogens is 1. The van der Waals surface area contributed by atoms with Crippen LogP contribution in [0.5, 0.6) is 0 Å². The number of rotatable bonds is 7. The first-order valence-electron chi connectivity index (χ1n) is 9.84. The van der Waals surface area contributed by atoms with Gasteiger partial charge in [-0.25, -0.2) is 0 Å². The van der Waals surface area contributed by atoms with Crippen molar-refractivity contribution in [2.45, 2.75) is 45.4 Å². The number of carbonyl (C=O) groups is 3. The van der Waals surface area contributed by atoms with Crippen molar-refractivity contribution < 1.29 is 28.6 Å². The summed E-state index contributed by atoms with van der Waals surface area (Å²) in [6.45, 7) is 4.35. The molecule has 8 heteroatoms. The van der Waals surface area contributed by atoms with E-state index >= 15 is 0 Å². The summed E-state index contributed by atoms with van der Waals surface area (Å²) in [5.41, 5.74) is 3.36. The van der Waals surface area contributed by atoms with Crippen LogP contribution in [0.15, 0.2) is 36.4 Å². The third-order valence-electron chi connectivity index (χ3n) is 4.83. The van der Waals surface area contributed by atoms with Gasteiger partial charge in [-0.1, -0.05) is 24.3 Å². The Morgan fingerprint density at radius 3 is 2.53 bits per heavy atom. The summed E-state index contributed by atoms with van der Waals surface area (Å²) in [5.74, 6) is -1.62. The van der Waals surface area contributed by atoms with Crippen LogP contribution in [0, 0.1) is 0 Å². The molecule has 2 aromatic rings. The highest BCUT2D eigenvalue weighted by molar-refractivity contribution is 5.85. The Bertz CT molecular complexity index is 964. The molecule has 0 spiro atoms. The molecular formula is C22H26N2O6. The Kier molecular flexibility index (Phi) is 6.89. The summed E-state index contributed by atoms with van der Waals surface area (Å²) in [6, 6.07) is 7.99. The molecule has 160 valence electrons. The molecule has 8 nitrogen and oxygen atoms in total. The zero-order chi connectivity index (χ0) is 21.7. The molecule has 0 aliphatic carbocycles. The molecule has 1 aromatic carbocycles. The van der Waals surface area contributed by atoms with Gasteiger partial charge < -0.3 is 24.5 Å². The van der Waals surface area contributed by atoms with E-state index in [2.05, 4.69) is 16.4 Å². The van der Waals surface area contributed by atoms with Gasteiger partial charge in [0.05, 0.1) is 6.04 Å². The van der Waals surface area contributed by atoms with Crippen molar-refractivity contribution in [2.75, 3.05) is 13.2 Å². The predicted molar refractivity (Wildman–Crippen MR) is 110 cm³/mol. The SMILES string of the molecule is CC(=O)OC[C@@H](OC(C)=O)[C@H](/C=C/C1NCCc2c1[nH]c1ccccc21)OC(C)=O. The van der Waals surface area contributed by atoms with E-state index in [1.54, 1.807) is 6.08 Å². The second kappa shape index (κ2) is 9.58. The quantitative estimate of drug-likeness (QED) is 0.407. The monoisotopic (exact) mass is 414 g/mol. The van der Waals surface area contributed by atoms with Crippen molar-refractivity contribution in [2.24, 2.45) is 0 Å². The first-order valence-corrected chi connectivity index (χ1v) is 9.84. The molecule has 0 radical (unpaired) electrons. The second-order valence-corrected chi connectivity index (χ2v) is 7.15. The molecule has 2 heterocycles. The van der Waals surface area contributed by atoms with E-state index in [-0.39, 0.29) is 12.6 Å². The Morgan fingerprint density at radius 2 is 1.83 bits per heavy atom. The number of hydrogen-bond acceptors (Lipinski definition) is 7. The fourth-order valence-electron chi connectivity index (χ4n) is 3.63. The number of hydrogen-bond donors (Lipinski definition) is 2. The van der Waals surface area contributed by atoms with Gasteiger partial charge in [0.2, 0.25) is 0 Å². The average molecular weight is 414 g/mol. The standard InChI is InChI=1S/C22H26N2O6/c1-13(25)28-12-21(30-15(3)27)20(29-14(2)26)9-8-19-22-17(10-11-23-19)16-6-4-5-7-18(16)24-22/h4-9,19-21,23-24H,10-12H2,1-3H3/b9-8+/t19?,20-,21+/m0/s1. The first kappa shape index (κ1) is 21.6. The van der Waals surface area contributed by atoms with Crippen LogP contribution < -0.4 is 5.32 Å². The Labute approximate surface area is 174 Å². The summed E-state index contributed by atoms with van der Waals surface area (Å²) in [7, 11) is 0. The van der Waals surface area contributed by atoms with Crippen LogP contribution in [0.3, 0.4) is 0 Å². The lowest BCUT2D eigenvalue weighted by Gasteiger charge is -2.25. The number of carbonyl (C=O) groups excluding carboxylic acids is 3. The molecule has 0 bridgehead atoms. The number of para-hydroxylation sites is 1. The topological polar surface area (TPSA) is 107 Å². The lowest BCUT2D eigenvalue weighted by molar-refractivity contribution is -0.169. The molecule has 0 fully saturated rings. The fraction of sp³-hybridized carbons (Fsp3) is 0.409. The maximum atomic E-state index is 11.6. The minimum atomic E-state index is -0.947. The van der Waals surface area contributed by atoms with Gasteiger partial charge in [-0.05, 0) is 24.1 Å². The van der Waals surface area contributed by atoms with Crippen molar-refractivity contribution in [1.82, 2.24) is 10.3 Å². The zero-order valence-corrected chi connectivity index (χ0v) is 17.3. The van der Waals surface area contributed by atoms with E-state index < -0.39 is 30.1 Å². The normalized spacial score (nSPS) is 17.9. The minimum Gasteiger partial charge on any atom is -0.462 e. The van der Waals surface area contributed by atoms with Gasteiger partial charge in [-0.15, -0.1) is 0 Å². The van der Waals surface area contributed by atoms with Gasteiger partial charge in [0.25, 0.3) is 0 Å². The Morgan fingerprint density at radius 1 is 1.10 bits per heavy atom. The van der Waals surface area contributed by atoms with E-state index in [1.165, 1.54) is 31.7 Å². The lowest BCUT2D eigenvalue weighted by Crippen LogP contribution is -2.37. The lowest BCUT2D eigenvalue weighted by atomic mass is 9.98. The largest absolute Gasteiger partial charge is 0.462 e. The molecule has 1 aliphatic rings. The number of aromatic amines is 1. The number of H-pyrrole nitrogens is 1. The van der Waals surface area contributed by atoms with E-state index in [9.17, 15) is 14.4 Å². The highest BCUT2D eigenvalue weighted by Crippen LogP contribution is 2.30. The van der Waals surface area contributed by atoms with Gasteiger partial charge in [0.1, 0.15) is 6.61 Å². The van der Waals surface area contributed by atoms with E-state index in [0.717, 1.165) is 24.2 Å². The van der Waals surface area contributed by atoms with Crippen LogP contribution in [0.4, 0.5) is 0 Å². The molecule has 30 heavy (non-hydrogen) atoms. The maximum Gasteiger partial charge on any atom is 0.303 e.